The molecule has 16 heavy (non-hydrogen) atoms. The maximum absolute atomic E-state index is 9.12. The largest absolute Gasteiger partial charge is 0.508 e. The van der Waals surface area contributed by atoms with Crippen molar-refractivity contribution in [2.75, 3.05) is 0 Å². The van der Waals surface area contributed by atoms with Gasteiger partial charge in [0.05, 0.1) is 5.69 Å². The Morgan fingerprint density at radius 2 is 1.88 bits per heavy atom. The van der Waals surface area contributed by atoms with Crippen molar-refractivity contribution >= 4 is 0 Å². The molecule has 1 aromatic heterocycles. The fourth-order valence-electron chi connectivity index (χ4n) is 1.37. The van der Waals surface area contributed by atoms with Gasteiger partial charge in [-0.25, -0.2) is 0 Å². The molecule has 4 heteroatoms. The molecule has 0 aliphatic heterocycles. The molecule has 2 aromatic rings. The summed E-state index contributed by atoms with van der Waals surface area (Å²) >= 11 is 0. The summed E-state index contributed by atoms with van der Waals surface area (Å²) in [6, 6.07) is 7.14. The van der Waals surface area contributed by atoms with E-state index >= 15 is 0 Å². The molecule has 82 valence electrons. The second-order valence-electron chi connectivity index (χ2n) is 3.47. The summed E-state index contributed by atoms with van der Waals surface area (Å²) in [6.45, 7) is 1.44. The average molecular weight is 215 g/mol. The Kier molecular flexibility index (Phi) is 3.46. The first-order valence-electron chi connectivity index (χ1n) is 5.08. The van der Waals surface area contributed by atoms with Crippen LogP contribution in [0.1, 0.15) is 11.3 Å². The van der Waals surface area contributed by atoms with Crippen LogP contribution in [0.25, 0.3) is 0 Å². The summed E-state index contributed by atoms with van der Waals surface area (Å²) in [4.78, 5) is 8.15. The molecular formula is C12H13N3O. The number of aromatic hydroxyl groups is 1. The molecule has 4 nitrogen and oxygen atoms in total. The molecule has 0 unspecified atom stereocenters. The summed E-state index contributed by atoms with van der Waals surface area (Å²) < 4.78 is 0. The van der Waals surface area contributed by atoms with Gasteiger partial charge in [-0.05, 0) is 17.7 Å². The van der Waals surface area contributed by atoms with Crippen molar-refractivity contribution in [3.8, 4) is 5.75 Å². The molecule has 2 N–H and O–H groups in total. The van der Waals surface area contributed by atoms with Crippen LogP contribution in [0.15, 0.2) is 42.9 Å². The minimum atomic E-state index is 0.290. The summed E-state index contributed by atoms with van der Waals surface area (Å²) in [7, 11) is 0. The van der Waals surface area contributed by atoms with E-state index in [2.05, 4.69) is 15.3 Å². The van der Waals surface area contributed by atoms with Crippen LogP contribution in [-0.2, 0) is 13.1 Å². The van der Waals surface area contributed by atoms with Gasteiger partial charge in [0, 0.05) is 31.7 Å². The minimum Gasteiger partial charge on any atom is -0.508 e. The van der Waals surface area contributed by atoms with Gasteiger partial charge in [0.2, 0.25) is 0 Å². The molecule has 0 saturated heterocycles. The van der Waals surface area contributed by atoms with Gasteiger partial charge in [0.15, 0.2) is 0 Å². The van der Waals surface area contributed by atoms with Crippen LogP contribution in [0, 0.1) is 0 Å². The van der Waals surface area contributed by atoms with Gasteiger partial charge in [0.25, 0.3) is 0 Å². The van der Waals surface area contributed by atoms with Crippen LogP contribution < -0.4 is 5.32 Å². The monoisotopic (exact) mass is 215 g/mol. The first kappa shape index (κ1) is 10.6. The van der Waals surface area contributed by atoms with E-state index in [1.165, 1.54) is 0 Å². The van der Waals surface area contributed by atoms with E-state index in [4.69, 9.17) is 5.11 Å². The van der Waals surface area contributed by atoms with E-state index in [-0.39, 0.29) is 5.75 Å². The number of phenolic OH excluding ortho intramolecular Hbond substituents is 1. The summed E-state index contributed by atoms with van der Waals surface area (Å²) in [5.41, 5.74) is 2.04. The summed E-state index contributed by atoms with van der Waals surface area (Å²) in [6.07, 6.45) is 5.07. The van der Waals surface area contributed by atoms with E-state index in [1.54, 1.807) is 30.7 Å². The maximum atomic E-state index is 9.12. The number of hydrogen-bond acceptors (Lipinski definition) is 4. The highest BCUT2D eigenvalue weighted by atomic mass is 16.3. The lowest BCUT2D eigenvalue weighted by molar-refractivity contribution is 0.475. The first-order chi connectivity index (χ1) is 7.84. The first-order valence-corrected chi connectivity index (χ1v) is 5.08. The Morgan fingerprint density at radius 3 is 2.56 bits per heavy atom. The molecule has 0 aliphatic rings. The number of rotatable bonds is 4. The Bertz CT molecular complexity index is 428. The highest BCUT2D eigenvalue weighted by Crippen LogP contribution is 2.09. The highest BCUT2D eigenvalue weighted by molar-refractivity contribution is 5.25. The maximum Gasteiger partial charge on any atom is 0.115 e. The van der Waals surface area contributed by atoms with Gasteiger partial charge >= 0.3 is 0 Å². The molecule has 0 amide bonds. The Labute approximate surface area is 94.0 Å². The van der Waals surface area contributed by atoms with Crippen molar-refractivity contribution in [1.82, 2.24) is 15.3 Å². The quantitative estimate of drug-likeness (QED) is 0.811. The predicted octanol–water partition coefficient (Wildman–Crippen LogP) is 1.47. The van der Waals surface area contributed by atoms with Crippen LogP contribution in [0.3, 0.4) is 0 Å². The molecule has 0 atom stereocenters. The third-order valence-electron chi connectivity index (χ3n) is 2.19. The van der Waals surface area contributed by atoms with Crippen molar-refractivity contribution < 1.29 is 5.11 Å². The molecular weight excluding hydrogens is 202 g/mol. The molecule has 0 bridgehead atoms. The molecule has 0 fully saturated rings. The molecule has 0 spiro atoms. The zero-order valence-corrected chi connectivity index (χ0v) is 8.80. The molecule has 0 saturated carbocycles. The van der Waals surface area contributed by atoms with E-state index in [0.717, 1.165) is 17.8 Å². The van der Waals surface area contributed by atoms with Gasteiger partial charge in [-0.1, -0.05) is 12.1 Å². The summed E-state index contributed by atoms with van der Waals surface area (Å²) in [5.74, 6) is 0.290. The fraction of sp³-hybridized carbons (Fsp3) is 0.167. The third-order valence-corrected chi connectivity index (χ3v) is 2.19. The van der Waals surface area contributed by atoms with Crippen molar-refractivity contribution in [3.63, 3.8) is 0 Å². The van der Waals surface area contributed by atoms with Crippen molar-refractivity contribution in [2.45, 2.75) is 13.1 Å². The van der Waals surface area contributed by atoms with E-state index in [1.807, 2.05) is 12.1 Å². The standard InChI is InChI=1S/C12H13N3O/c16-12-3-1-10(2-4-12)7-14-9-11-8-13-5-6-15-11/h1-6,8,14,16H,7,9H2. The molecule has 1 aromatic carbocycles. The topological polar surface area (TPSA) is 58.0 Å². The number of hydrogen-bond donors (Lipinski definition) is 2. The van der Waals surface area contributed by atoms with Gasteiger partial charge in [-0.15, -0.1) is 0 Å². The van der Waals surface area contributed by atoms with Gasteiger partial charge in [-0.2, -0.15) is 0 Å². The van der Waals surface area contributed by atoms with Crippen LogP contribution in [0.5, 0.6) is 5.75 Å². The van der Waals surface area contributed by atoms with E-state index < -0.39 is 0 Å². The number of nitrogens with one attached hydrogen (secondary N) is 1. The van der Waals surface area contributed by atoms with Gasteiger partial charge in [0.1, 0.15) is 5.75 Å². The second-order valence-corrected chi connectivity index (χ2v) is 3.47. The lowest BCUT2D eigenvalue weighted by Crippen LogP contribution is -2.13. The fourth-order valence-corrected chi connectivity index (χ4v) is 1.37. The predicted molar refractivity (Wildman–Crippen MR) is 60.7 cm³/mol. The Balaban J connectivity index is 1.82. The highest BCUT2D eigenvalue weighted by Gasteiger charge is 1.95. The van der Waals surface area contributed by atoms with Gasteiger partial charge in [-0.3, -0.25) is 9.97 Å². The zero-order chi connectivity index (χ0) is 11.2. The van der Waals surface area contributed by atoms with Crippen molar-refractivity contribution in [2.24, 2.45) is 0 Å². The second kappa shape index (κ2) is 5.23. The average Bonchev–Trinajstić information content (AvgIpc) is 2.33. The lowest BCUT2D eigenvalue weighted by atomic mass is 10.2. The third kappa shape index (κ3) is 3.03. The number of benzene rings is 1. The Morgan fingerprint density at radius 1 is 1.06 bits per heavy atom. The number of nitrogens with zero attached hydrogens (tertiary/aromatic N) is 2. The number of aromatic nitrogens is 2. The van der Waals surface area contributed by atoms with Crippen LogP contribution in [0.2, 0.25) is 0 Å². The Hall–Kier alpha value is -1.94. The normalized spacial score (nSPS) is 10.2. The molecule has 1 heterocycles. The lowest BCUT2D eigenvalue weighted by Gasteiger charge is -2.04. The van der Waals surface area contributed by atoms with Crippen molar-refractivity contribution in [1.29, 1.82) is 0 Å². The van der Waals surface area contributed by atoms with E-state index in [9.17, 15) is 0 Å². The SMILES string of the molecule is Oc1ccc(CNCc2cnccn2)cc1. The van der Waals surface area contributed by atoms with Crippen LogP contribution in [-0.4, -0.2) is 15.1 Å². The molecule has 0 aliphatic carbocycles. The molecule has 2 rings (SSSR count). The van der Waals surface area contributed by atoms with E-state index in [0.29, 0.717) is 6.54 Å². The zero-order valence-electron chi connectivity index (χ0n) is 8.80. The smallest absolute Gasteiger partial charge is 0.115 e. The van der Waals surface area contributed by atoms with Crippen molar-refractivity contribution in [3.05, 3.63) is 54.1 Å². The van der Waals surface area contributed by atoms with Gasteiger partial charge < -0.3 is 10.4 Å². The minimum absolute atomic E-state index is 0.290. The summed E-state index contributed by atoms with van der Waals surface area (Å²) in [5, 5.41) is 12.4. The van der Waals surface area contributed by atoms with Crippen LogP contribution >= 0.6 is 0 Å². The molecule has 0 radical (unpaired) electrons. The van der Waals surface area contributed by atoms with Crippen LogP contribution in [0.4, 0.5) is 0 Å². The number of phenols is 1.